The van der Waals surface area contributed by atoms with E-state index in [1.54, 1.807) is 22.9 Å². The lowest BCUT2D eigenvalue weighted by Gasteiger charge is -2.32. The van der Waals surface area contributed by atoms with Crippen LogP contribution in [0.25, 0.3) is 11.0 Å². The van der Waals surface area contributed by atoms with Crippen molar-refractivity contribution in [2.24, 2.45) is 5.92 Å². The Labute approximate surface area is 221 Å². The minimum atomic E-state index is -0.911. The monoisotopic (exact) mass is 513 g/mol. The number of hydrogen-bond acceptors (Lipinski definition) is 6. The Morgan fingerprint density at radius 3 is 2.61 bits per heavy atom. The second-order valence-corrected chi connectivity index (χ2v) is 9.77. The zero-order valence-corrected chi connectivity index (χ0v) is 21.8. The topological polar surface area (TPSA) is 98.6 Å². The number of rotatable bonds is 9. The van der Waals surface area contributed by atoms with E-state index in [2.05, 4.69) is 29.5 Å². The van der Waals surface area contributed by atoms with Crippen molar-refractivity contribution in [1.29, 1.82) is 0 Å². The Bertz CT molecular complexity index is 1460. The number of aromatic nitrogens is 3. The van der Waals surface area contributed by atoms with Gasteiger partial charge in [0, 0.05) is 18.3 Å². The van der Waals surface area contributed by atoms with Gasteiger partial charge in [-0.15, -0.1) is 5.10 Å². The van der Waals surface area contributed by atoms with Crippen molar-refractivity contribution in [2.75, 3.05) is 18.2 Å². The fourth-order valence-electron chi connectivity index (χ4n) is 4.58. The van der Waals surface area contributed by atoms with E-state index < -0.39 is 6.04 Å². The number of nitrogens with zero attached hydrogens (tertiary/aromatic N) is 4. The average molecular weight is 514 g/mol. The van der Waals surface area contributed by atoms with Gasteiger partial charge in [-0.25, -0.2) is 4.68 Å². The first-order valence-corrected chi connectivity index (χ1v) is 12.8. The number of benzene rings is 3. The molecule has 0 bridgehead atoms. The molecule has 0 unspecified atom stereocenters. The van der Waals surface area contributed by atoms with E-state index in [4.69, 9.17) is 9.47 Å². The van der Waals surface area contributed by atoms with Gasteiger partial charge in [-0.2, -0.15) is 0 Å². The lowest BCUT2D eigenvalue weighted by atomic mass is 9.98. The number of carbonyl (C=O) groups excluding carboxylic acids is 2. The lowest BCUT2D eigenvalue weighted by molar-refractivity contribution is -0.127. The highest BCUT2D eigenvalue weighted by Gasteiger charge is 2.35. The number of ether oxygens (including phenoxy) is 2. The maximum atomic E-state index is 14.2. The average Bonchev–Trinajstić information content (AvgIpc) is 3.54. The smallest absolute Gasteiger partial charge is 0.249 e. The van der Waals surface area contributed by atoms with Crippen LogP contribution in [0.2, 0.25) is 0 Å². The molecule has 3 aromatic carbocycles. The highest BCUT2D eigenvalue weighted by molar-refractivity contribution is 6.02. The lowest BCUT2D eigenvalue weighted by Crippen LogP contribution is -2.46. The Hall–Kier alpha value is -4.40. The van der Waals surface area contributed by atoms with Gasteiger partial charge in [0.15, 0.2) is 11.5 Å². The van der Waals surface area contributed by atoms with E-state index in [1.807, 2.05) is 55.5 Å². The normalized spacial score (nSPS) is 13.1. The molecule has 0 saturated carbocycles. The molecule has 1 aliphatic rings. The molecule has 1 aromatic heterocycles. The van der Waals surface area contributed by atoms with Crippen LogP contribution in [0.15, 0.2) is 66.7 Å². The Kier molecular flexibility index (Phi) is 7.26. The molecule has 0 radical (unpaired) electrons. The zero-order chi connectivity index (χ0) is 26.6. The van der Waals surface area contributed by atoms with Gasteiger partial charge in [-0.05, 0) is 54.7 Å². The van der Waals surface area contributed by atoms with Gasteiger partial charge in [0.25, 0.3) is 0 Å². The number of aryl methyl sites for hydroxylation is 1. The van der Waals surface area contributed by atoms with Crippen LogP contribution >= 0.6 is 0 Å². The van der Waals surface area contributed by atoms with Crippen LogP contribution in [-0.4, -0.2) is 40.1 Å². The van der Waals surface area contributed by atoms with Crippen LogP contribution in [0.5, 0.6) is 11.5 Å². The summed E-state index contributed by atoms with van der Waals surface area (Å²) in [6, 6.07) is 19.5. The van der Waals surface area contributed by atoms with E-state index in [0.717, 1.165) is 23.1 Å². The summed E-state index contributed by atoms with van der Waals surface area (Å²) < 4.78 is 12.7. The first-order chi connectivity index (χ1) is 18.4. The van der Waals surface area contributed by atoms with Crippen molar-refractivity contribution in [3.8, 4) is 11.5 Å². The van der Waals surface area contributed by atoms with Gasteiger partial charge in [0.05, 0.1) is 5.52 Å². The molecule has 9 nitrogen and oxygen atoms in total. The molecule has 1 atom stereocenters. The number of hydrogen-bond donors (Lipinski definition) is 1. The summed E-state index contributed by atoms with van der Waals surface area (Å²) >= 11 is 0. The quantitative estimate of drug-likeness (QED) is 0.356. The first kappa shape index (κ1) is 25.3. The predicted octanol–water partition coefficient (Wildman–Crippen LogP) is 4.41. The van der Waals surface area contributed by atoms with Crippen LogP contribution in [0.4, 0.5) is 5.69 Å². The second-order valence-electron chi connectivity index (χ2n) is 9.77. The third-order valence-corrected chi connectivity index (χ3v) is 6.62. The summed E-state index contributed by atoms with van der Waals surface area (Å²) in [6.45, 7) is 6.67. The van der Waals surface area contributed by atoms with Gasteiger partial charge in [0.2, 0.25) is 18.6 Å². The van der Waals surface area contributed by atoms with E-state index in [1.165, 1.54) is 4.90 Å². The van der Waals surface area contributed by atoms with E-state index >= 15 is 0 Å². The number of carbonyl (C=O) groups is 2. The van der Waals surface area contributed by atoms with Crippen LogP contribution in [0.1, 0.15) is 37.4 Å². The zero-order valence-electron chi connectivity index (χ0n) is 21.8. The molecule has 1 aliphatic heterocycles. The second kappa shape index (κ2) is 10.9. The number of anilines is 1. The van der Waals surface area contributed by atoms with Crippen LogP contribution in [0, 0.1) is 12.8 Å². The molecule has 4 aromatic rings. The molecule has 2 heterocycles. The van der Waals surface area contributed by atoms with Gasteiger partial charge in [-0.1, -0.05) is 55.5 Å². The van der Waals surface area contributed by atoms with Crippen molar-refractivity contribution < 1.29 is 19.1 Å². The van der Waals surface area contributed by atoms with E-state index in [9.17, 15) is 9.59 Å². The van der Waals surface area contributed by atoms with Crippen molar-refractivity contribution in [3.05, 3.63) is 77.9 Å². The van der Waals surface area contributed by atoms with Gasteiger partial charge in [0.1, 0.15) is 18.1 Å². The number of fused-ring (bicyclic) bond motifs is 2. The van der Waals surface area contributed by atoms with Crippen molar-refractivity contribution in [3.63, 3.8) is 0 Å². The molecule has 0 aliphatic carbocycles. The molecule has 0 spiro atoms. The van der Waals surface area contributed by atoms with E-state index in [-0.39, 0.29) is 25.2 Å². The molecule has 196 valence electrons. The summed E-state index contributed by atoms with van der Waals surface area (Å²) in [7, 11) is 0. The third-order valence-electron chi connectivity index (χ3n) is 6.62. The van der Waals surface area contributed by atoms with Gasteiger partial charge >= 0.3 is 0 Å². The van der Waals surface area contributed by atoms with Crippen LogP contribution < -0.4 is 19.7 Å². The molecule has 0 saturated heterocycles. The van der Waals surface area contributed by atoms with E-state index in [0.29, 0.717) is 35.2 Å². The standard InChI is InChI=1S/C29H31N5O4/c1-19(2)14-15-30-29(36)28(22-9-5-4-8-20(22)3)34(21-12-13-25-26(16-21)38-18-37-25)27(35)17-33-24-11-7-6-10-23(24)31-32-33/h4-13,16,19,28H,14-15,17-18H2,1-3H3,(H,30,36)/t28-/m0/s1. The largest absolute Gasteiger partial charge is 0.454 e. The minimum absolute atomic E-state index is 0.101. The van der Waals surface area contributed by atoms with Crippen LogP contribution in [0.3, 0.4) is 0 Å². The Morgan fingerprint density at radius 1 is 1.03 bits per heavy atom. The highest BCUT2D eigenvalue weighted by atomic mass is 16.7. The summed E-state index contributed by atoms with van der Waals surface area (Å²) in [6.07, 6.45) is 0.829. The molecule has 0 fully saturated rings. The molecule has 9 heteroatoms. The maximum absolute atomic E-state index is 14.2. The summed E-state index contributed by atoms with van der Waals surface area (Å²) in [5.41, 5.74) is 3.60. The predicted molar refractivity (Wildman–Crippen MR) is 144 cm³/mol. The number of nitrogens with one attached hydrogen (secondary N) is 1. The molecule has 2 amide bonds. The number of amides is 2. The van der Waals surface area contributed by atoms with Crippen molar-refractivity contribution in [1.82, 2.24) is 20.3 Å². The SMILES string of the molecule is Cc1ccccc1[C@@H](C(=O)NCCC(C)C)N(C(=O)Cn1nnc2ccccc21)c1ccc2c(c1)OCO2. The summed E-state index contributed by atoms with van der Waals surface area (Å²) in [5, 5.41) is 11.5. The maximum Gasteiger partial charge on any atom is 0.249 e. The van der Waals surface area contributed by atoms with Crippen LogP contribution in [-0.2, 0) is 16.1 Å². The molecule has 5 rings (SSSR count). The fraction of sp³-hybridized carbons (Fsp3) is 0.310. The molecule has 38 heavy (non-hydrogen) atoms. The Morgan fingerprint density at radius 2 is 1.79 bits per heavy atom. The Balaban J connectivity index is 1.58. The summed E-state index contributed by atoms with van der Waals surface area (Å²) in [5.74, 6) is 0.980. The highest BCUT2D eigenvalue weighted by Crippen LogP contribution is 2.38. The third kappa shape index (κ3) is 5.18. The van der Waals surface area contributed by atoms with Gasteiger partial charge < -0.3 is 14.8 Å². The molecular weight excluding hydrogens is 482 g/mol. The number of para-hydroxylation sites is 1. The first-order valence-electron chi connectivity index (χ1n) is 12.8. The van der Waals surface area contributed by atoms with Crippen molar-refractivity contribution in [2.45, 2.75) is 39.8 Å². The minimum Gasteiger partial charge on any atom is -0.454 e. The van der Waals surface area contributed by atoms with Gasteiger partial charge in [-0.3, -0.25) is 14.5 Å². The fourth-order valence-corrected chi connectivity index (χ4v) is 4.58. The summed E-state index contributed by atoms with van der Waals surface area (Å²) in [4.78, 5) is 29.5. The van der Waals surface area contributed by atoms with Crippen molar-refractivity contribution >= 4 is 28.5 Å². The molecular formula is C29H31N5O4. The molecule has 1 N–H and O–H groups in total.